The topological polar surface area (TPSA) is 101 Å². The first-order chi connectivity index (χ1) is 13.9. The Hall–Kier alpha value is -3.39. The molecule has 2 aromatic rings. The lowest BCUT2D eigenvalue weighted by atomic mass is 10.2. The van der Waals surface area contributed by atoms with Gasteiger partial charge in [0.05, 0.1) is 13.7 Å². The first kappa shape index (κ1) is 21.9. The van der Waals surface area contributed by atoms with Crippen LogP contribution in [0.1, 0.15) is 17.3 Å². The van der Waals surface area contributed by atoms with Crippen molar-refractivity contribution in [2.75, 3.05) is 44.4 Å². The van der Waals surface area contributed by atoms with Crippen LogP contribution in [-0.2, 0) is 9.59 Å². The Morgan fingerprint density at radius 1 is 0.862 bits per heavy atom. The van der Waals surface area contributed by atoms with Crippen molar-refractivity contribution in [1.29, 1.82) is 0 Å². The van der Waals surface area contributed by atoms with Crippen molar-refractivity contribution >= 4 is 29.1 Å². The summed E-state index contributed by atoms with van der Waals surface area (Å²) in [5.41, 5.74) is 1.79. The molecule has 2 rings (SSSR count). The standard InChI is InChI=1S/C21H26N4O4/c1-4-25(14-20(27)24-17-9-11-18(29-3)12-10-17)13-19(26)23-16-7-5-15(6-8-16)21(28)22-2/h5-12H,4,13-14H2,1-3H3,(H,22,28)(H,23,26)(H,24,27)/p+1. The number of benzene rings is 2. The molecule has 0 fully saturated rings. The molecule has 1 atom stereocenters. The Morgan fingerprint density at radius 2 is 1.34 bits per heavy atom. The number of anilines is 2. The second-order valence-corrected chi connectivity index (χ2v) is 6.44. The summed E-state index contributed by atoms with van der Waals surface area (Å²) in [6.45, 7) is 2.87. The molecule has 4 N–H and O–H groups in total. The zero-order valence-corrected chi connectivity index (χ0v) is 16.9. The fraction of sp³-hybridized carbons (Fsp3) is 0.286. The van der Waals surface area contributed by atoms with E-state index in [0.29, 0.717) is 29.2 Å². The second kappa shape index (κ2) is 10.8. The number of likely N-dealkylation sites (N-methyl/N-ethyl adjacent to an activating group) is 1. The zero-order valence-electron chi connectivity index (χ0n) is 16.9. The molecule has 0 spiro atoms. The van der Waals surface area contributed by atoms with E-state index >= 15 is 0 Å². The Morgan fingerprint density at radius 3 is 1.76 bits per heavy atom. The molecule has 29 heavy (non-hydrogen) atoms. The maximum absolute atomic E-state index is 12.3. The van der Waals surface area contributed by atoms with Gasteiger partial charge in [0.25, 0.3) is 17.7 Å². The van der Waals surface area contributed by atoms with Crippen LogP contribution in [0.25, 0.3) is 0 Å². The number of carbonyl (C=O) groups excluding carboxylic acids is 3. The van der Waals surface area contributed by atoms with Crippen LogP contribution in [0.15, 0.2) is 48.5 Å². The molecule has 154 valence electrons. The highest BCUT2D eigenvalue weighted by Gasteiger charge is 2.17. The van der Waals surface area contributed by atoms with Crippen molar-refractivity contribution in [3.05, 3.63) is 54.1 Å². The van der Waals surface area contributed by atoms with Crippen LogP contribution in [0, 0.1) is 0 Å². The van der Waals surface area contributed by atoms with Gasteiger partial charge in [-0.15, -0.1) is 0 Å². The summed E-state index contributed by atoms with van der Waals surface area (Å²) < 4.78 is 5.09. The van der Waals surface area contributed by atoms with Crippen LogP contribution in [0.5, 0.6) is 5.75 Å². The van der Waals surface area contributed by atoms with Crippen LogP contribution in [-0.4, -0.2) is 51.5 Å². The molecule has 1 unspecified atom stereocenters. The normalized spacial score (nSPS) is 11.3. The average molecular weight is 399 g/mol. The van der Waals surface area contributed by atoms with E-state index in [2.05, 4.69) is 16.0 Å². The van der Waals surface area contributed by atoms with E-state index in [0.717, 1.165) is 4.90 Å². The average Bonchev–Trinajstić information content (AvgIpc) is 2.73. The summed E-state index contributed by atoms with van der Waals surface area (Å²) >= 11 is 0. The van der Waals surface area contributed by atoms with E-state index < -0.39 is 0 Å². The molecule has 0 aliphatic carbocycles. The van der Waals surface area contributed by atoms with Gasteiger partial charge in [0.2, 0.25) is 0 Å². The Labute approximate surface area is 170 Å². The summed E-state index contributed by atoms with van der Waals surface area (Å²) in [4.78, 5) is 37.0. The summed E-state index contributed by atoms with van der Waals surface area (Å²) in [6.07, 6.45) is 0. The van der Waals surface area contributed by atoms with Crippen LogP contribution in [0.3, 0.4) is 0 Å². The molecular formula is C21H27N4O4+. The smallest absolute Gasteiger partial charge is 0.279 e. The molecule has 0 aliphatic heterocycles. The summed E-state index contributed by atoms with van der Waals surface area (Å²) in [6, 6.07) is 13.7. The van der Waals surface area contributed by atoms with Crippen molar-refractivity contribution in [2.45, 2.75) is 6.92 Å². The molecule has 0 radical (unpaired) electrons. The first-order valence-corrected chi connectivity index (χ1v) is 9.34. The third-order valence-corrected chi connectivity index (χ3v) is 4.35. The van der Waals surface area contributed by atoms with Crippen molar-refractivity contribution < 1.29 is 24.0 Å². The lowest BCUT2D eigenvalue weighted by Crippen LogP contribution is -3.13. The van der Waals surface area contributed by atoms with Gasteiger partial charge in [-0.05, 0) is 55.5 Å². The molecule has 0 aromatic heterocycles. The molecule has 8 heteroatoms. The fourth-order valence-electron chi connectivity index (χ4n) is 2.70. The third kappa shape index (κ3) is 6.93. The predicted molar refractivity (Wildman–Crippen MR) is 111 cm³/mol. The summed E-state index contributed by atoms with van der Waals surface area (Å²) in [5, 5.41) is 8.15. The van der Waals surface area contributed by atoms with E-state index in [-0.39, 0.29) is 30.8 Å². The number of amides is 3. The van der Waals surface area contributed by atoms with E-state index in [1.807, 2.05) is 6.92 Å². The second-order valence-electron chi connectivity index (χ2n) is 6.44. The Kier molecular flexibility index (Phi) is 8.17. The van der Waals surface area contributed by atoms with Gasteiger partial charge in [0.1, 0.15) is 5.75 Å². The minimum absolute atomic E-state index is 0.156. The van der Waals surface area contributed by atoms with Gasteiger partial charge in [-0.3, -0.25) is 14.4 Å². The number of quaternary nitrogens is 1. The third-order valence-electron chi connectivity index (χ3n) is 4.35. The predicted octanol–water partition coefficient (Wildman–Crippen LogP) is 0.537. The number of hydrogen-bond acceptors (Lipinski definition) is 4. The first-order valence-electron chi connectivity index (χ1n) is 9.34. The maximum Gasteiger partial charge on any atom is 0.279 e. The zero-order chi connectivity index (χ0) is 21.2. The number of methoxy groups -OCH3 is 1. The van der Waals surface area contributed by atoms with Gasteiger partial charge in [-0.1, -0.05) is 0 Å². The number of hydrogen-bond donors (Lipinski definition) is 4. The molecule has 0 heterocycles. The Balaban J connectivity index is 1.85. The van der Waals surface area contributed by atoms with Gasteiger partial charge >= 0.3 is 0 Å². The monoisotopic (exact) mass is 399 g/mol. The van der Waals surface area contributed by atoms with Crippen LogP contribution >= 0.6 is 0 Å². The van der Waals surface area contributed by atoms with E-state index in [1.54, 1.807) is 62.7 Å². The van der Waals surface area contributed by atoms with E-state index in [9.17, 15) is 14.4 Å². The van der Waals surface area contributed by atoms with Crippen LogP contribution in [0.2, 0.25) is 0 Å². The Bertz CT molecular complexity index is 835. The van der Waals surface area contributed by atoms with Gasteiger partial charge in [-0.2, -0.15) is 0 Å². The van der Waals surface area contributed by atoms with Crippen LogP contribution in [0.4, 0.5) is 11.4 Å². The molecule has 3 amide bonds. The van der Waals surface area contributed by atoms with E-state index in [4.69, 9.17) is 4.74 Å². The highest BCUT2D eigenvalue weighted by molar-refractivity contribution is 5.96. The molecule has 8 nitrogen and oxygen atoms in total. The van der Waals surface area contributed by atoms with Crippen molar-refractivity contribution in [3.8, 4) is 5.75 Å². The molecular weight excluding hydrogens is 372 g/mol. The summed E-state index contributed by atoms with van der Waals surface area (Å²) in [7, 11) is 3.14. The minimum atomic E-state index is -0.202. The molecule has 0 bridgehead atoms. The van der Waals surface area contributed by atoms with Crippen LogP contribution < -0.4 is 25.6 Å². The van der Waals surface area contributed by atoms with Crippen molar-refractivity contribution in [2.24, 2.45) is 0 Å². The van der Waals surface area contributed by atoms with Gasteiger partial charge < -0.3 is 25.6 Å². The largest absolute Gasteiger partial charge is 0.497 e. The number of carbonyl (C=O) groups is 3. The quantitative estimate of drug-likeness (QED) is 0.494. The molecule has 2 aromatic carbocycles. The molecule has 0 aliphatic rings. The lowest BCUT2D eigenvalue weighted by Gasteiger charge is -2.17. The van der Waals surface area contributed by atoms with Gasteiger partial charge in [-0.25, -0.2) is 0 Å². The van der Waals surface area contributed by atoms with Crippen molar-refractivity contribution in [1.82, 2.24) is 5.32 Å². The molecule has 0 saturated carbocycles. The summed E-state index contributed by atoms with van der Waals surface area (Å²) in [5.74, 6) is 0.151. The van der Waals surface area contributed by atoms with Gasteiger partial charge in [0.15, 0.2) is 13.1 Å². The highest BCUT2D eigenvalue weighted by Crippen LogP contribution is 2.14. The number of ether oxygens (including phenoxy) is 1. The lowest BCUT2D eigenvalue weighted by molar-refractivity contribution is -0.881. The van der Waals surface area contributed by atoms with Gasteiger partial charge in [0, 0.05) is 24.0 Å². The number of rotatable bonds is 9. The SMILES string of the molecule is CC[NH+](CC(=O)Nc1ccc(OC)cc1)CC(=O)Nc1ccc(C(=O)NC)cc1. The fourth-order valence-corrected chi connectivity index (χ4v) is 2.70. The maximum atomic E-state index is 12.3. The highest BCUT2D eigenvalue weighted by atomic mass is 16.5. The minimum Gasteiger partial charge on any atom is -0.497 e. The van der Waals surface area contributed by atoms with Crippen molar-refractivity contribution in [3.63, 3.8) is 0 Å². The van der Waals surface area contributed by atoms with E-state index in [1.165, 1.54) is 0 Å². The molecule has 0 saturated heterocycles. The number of nitrogens with one attached hydrogen (secondary N) is 4.